The van der Waals surface area contributed by atoms with Gasteiger partial charge in [0.05, 0.1) is 6.26 Å². The molecule has 1 unspecified atom stereocenters. The van der Waals surface area contributed by atoms with E-state index < -0.39 is 0 Å². The molecule has 1 aliphatic carbocycles. The second-order valence-electron chi connectivity index (χ2n) is 5.04. The maximum atomic E-state index is 6.27. The normalized spacial score (nSPS) is 29.0. The predicted molar refractivity (Wildman–Crippen MR) is 61.5 cm³/mol. The molecule has 1 atom stereocenters. The van der Waals surface area contributed by atoms with Crippen LogP contribution >= 0.6 is 0 Å². The molecule has 0 spiro atoms. The Morgan fingerprint density at radius 1 is 1.33 bits per heavy atom. The van der Waals surface area contributed by atoms with Crippen molar-refractivity contribution in [2.24, 2.45) is 17.6 Å². The molecule has 0 radical (unpaired) electrons. The van der Waals surface area contributed by atoms with Crippen LogP contribution in [-0.4, -0.2) is 0 Å². The highest BCUT2D eigenvalue weighted by Gasteiger charge is 2.25. The zero-order valence-corrected chi connectivity index (χ0v) is 9.70. The summed E-state index contributed by atoms with van der Waals surface area (Å²) in [5.74, 6) is 2.50. The Labute approximate surface area is 91.8 Å². The van der Waals surface area contributed by atoms with Crippen molar-refractivity contribution in [3.63, 3.8) is 0 Å². The lowest BCUT2D eigenvalue weighted by molar-refractivity contribution is 0.255. The molecule has 2 N–H and O–H groups in total. The molecule has 1 heterocycles. The van der Waals surface area contributed by atoms with Crippen molar-refractivity contribution in [1.82, 2.24) is 0 Å². The Morgan fingerprint density at radius 3 is 2.53 bits per heavy atom. The third-order valence-corrected chi connectivity index (χ3v) is 3.70. The van der Waals surface area contributed by atoms with Crippen molar-refractivity contribution in [2.45, 2.75) is 45.6 Å². The molecule has 84 valence electrons. The monoisotopic (exact) mass is 207 g/mol. The maximum absolute atomic E-state index is 6.27. The van der Waals surface area contributed by atoms with Gasteiger partial charge in [-0.05, 0) is 37.7 Å². The van der Waals surface area contributed by atoms with Crippen LogP contribution in [0.5, 0.6) is 0 Å². The lowest BCUT2D eigenvalue weighted by atomic mass is 9.78. The minimum absolute atomic E-state index is 0.176. The molecule has 1 fully saturated rings. The summed E-state index contributed by atoms with van der Waals surface area (Å²) in [4.78, 5) is 0. The third kappa shape index (κ3) is 2.43. The molecular formula is C13H21NO. The molecule has 1 aromatic rings. The summed E-state index contributed by atoms with van der Waals surface area (Å²) in [7, 11) is 0. The lowest BCUT2D eigenvalue weighted by Gasteiger charge is -2.30. The zero-order chi connectivity index (χ0) is 10.8. The number of rotatable bonds is 2. The van der Waals surface area contributed by atoms with E-state index in [1.165, 1.54) is 31.2 Å². The van der Waals surface area contributed by atoms with Gasteiger partial charge in [0.2, 0.25) is 0 Å². The second kappa shape index (κ2) is 4.40. The summed E-state index contributed by atoms with van der Waals surface area (Å²) >= 11 is 0. The minimum Gasteiger partial charge on any atom is -0.469 e. The van der Waals surface area contributed by atoms with Gasteiger partial charge in [-0.15, -0.1) is 0 Å². The van der Waals surface area contributed by atoms with Crippen molar-refractivity contribution in [3.8, 4) is 0 Å². The quantitative estimate of drug-likeness (QED) is 0.807. The Balaban J connectivity index is 1.99. The van der Waals surface area contributed by atoms with Gasteiger partial charge in [-0.3, -0.25) is 0 Å². The molecule has 2 rings (SSSR count). The number of hydrogen-bond donors (Lipinski definition) is 1. The van der Waals surface area contributed by atoms with Crippen molar-refractivity contribution < 1.29 is 4.42 Å². The molecule has 0 aliphatic heterocycles. The minimum atomic E-state index is 0.176. The molecule has 0 saturated heterocycles. The molecule has 0 bridgehead atoms. The maximum Gasteiger partial charge on any atom is 0.101 e. The molecule has 2 heteroatoms. The number of aryl methyl sites for hydroxylation is 1. The van der Waals surface area contributed by atoms with Crippen LogP contribution in [0.4, 0.5) is 0 Å². The number of nitrogens with two attached hydrogens (primary N) is 1. The van der Waals surface area contributed by atoms with Crippen LogP contribution in [0.3, 0.4) is 0 Å². The van der Waals surface area contributed by atoms with Crippen LogP contribution in [0.1, 0.15) is 50.0 Å². The number of furan rings is 1. The Hall–Kier alpha value is -0.760. The van der Waals surface area contributed by atoms with Crippen LogP contribution in [0.25, 0.3) is 0 Å². The van der Waals surface area contributed by atoms with Crippen LogP contribution < -0.4 is 5.73 Å². The highest BCUT2D eigenvalue weighted by molar-refractivity contribution is 5.16. The van der Waals surface area contributed by atoms with E-state index in [0.29, 0.717) is 5.92 Å². The van der Waals surface area contributed by atoms with Gasteiger partial charge in [-0.2, -0.15) is 0 Å². The zero-order valence-electron chi connectivity index (χ0n) is 9.70. The van der Waals surface area contributed by atoms with E-state index in [9.17, 15) is 0 Å². The van der Waals surface area contributed by atoms with Gasteiger partial charge in [0.25, 0.3) is 0 Å². The first-order valence-electron chi connectivity index (χ1n) is 5.97. The molecule has 1 aromatic heterocycles. The van der Waals surface area contributed by atoms with Crippen LogP contribution in [0.2, 0.25) is 0 Å². The molecule has 1 saturated carbocycles. The summed E-state index contributed by atoms with van der Waals surface area (Å²) in [6.07, 6.45) is 7.02. The third-order valence-electron chi connectivity index (χ3n) is 3.70. The first-order valence-corrected chi connectivity index (χ1v) is 5.97. The van der Waals surface area contributed by atoms with Crippen LogP contribution in [0, 0.1) is 18.8 Å². The second-order valence-corrected chi connectivity index (χ2v) is 5.04. The van der Waals surface area contributed by atoms with E-state index in [1.807, 2.05) is 13.2 Å². The molecule has 15 heavy (non-hydrogen) atoms. The highest BCUT2D eigenvalue weighted by Crippen LogP contribution is 2.35. The van der Waals surface area contributed by atoms with Gasteiger partial charge in [-0.1, -0.05) is 19.8 Å². The largest absolute Gasteiger partial charge is 0.469 e. The molecule has 0 aromatic carbocycles. The molecule has 1 aliphatic rings. The average Bonchev–Trinajstić information content (AvgIpc) is 2.65. The Morgan fingerprint density at radius 2 is 2.00 bits per heavy atom. The Bertz CT molecular complexity index is 310. The standard InChI is InChI=1S/C13H21NO/c1-9-3-5-11(6-4-9)13(14)12-7-10(2)15-8-12/h7-9,11,13H,3-6,14H2,1-2H3. The van der Waals surface area contributed by atoms with Gasteiger partial charge in [0.1, 0.15) is 5.76 Å². The first-order chi connectivity index (χ1) is 7.16. The fourth-order valence-electron chi connectivity index (χ4n) is 2.56. The number of hydrogen-bond acceptors (Lipinski definition) is 2. The summed E-state index contributed by atoms with van der Waals surface area (Å²) in [6.45, 7) is 4.31. The van der Waals surface area contributed by atoms with Gasteiger partial charge in [0, 0.05) is 11.6 Å². The first kappa shape index (κ1) is 10.7. The van der Waals surface area contributed by atoms with Gasteiger partial charge < -0.3 is 10.2 Å². The Kier molecular flexibility index (Phi) is 3.15. The summed E-state index contributed by atoms with van der Waals surface area (Å²) in [5.41, 5.74) is 7.44. The predicted octanol–water partition coefficient (Wildman–Crippen LogP) is 3.41. The van der Waals surface area contributed by atoms with Crippen molar-refractivity contribution in [3.05, 3.63) is 23.7 Å². The van der Waals surface area contributed by atoms with Gasteiger partial charge >= 0.3 is 0 Å². The smallest absolute Gasteiger partial charge is 0.101 e. The van der Waals surface area contributed by atoms with Crippen molar-refractivity contribution in [2.75, 3.05) is 0 Å². The van der Waals surface area contributed by atoms with Gasteiger partial charge in [0.15, 0.2) is 0 Å². The van der Waals surface area contributed by atoms with E-state index in [1.54, 1.807) is 0 Å². The SMILES string of the molecule is Cc1cc(C(N)C2CCC(C)CC2)co1. The summed E-state index contributed by atoms with van der Waals surface area (Å²) in [5, 5.41) is 0. The van der Waals surface area contributed by atoms with Gasteiger partial charge in [-0.25, -0.2) is 0 Å². The molecule has 2 nitrogen and oxygen atoms in total. The average molecular weight is 207 g/mol. The molecular weight excluding hydrogens is 186 g/mol. The molecule has 0 amide bonds. The van der Waals surface area contributed by atoms with Crippen LogP contribution in [0.15, 0.2) is 16.7 Å². The van der Waals surface area contributed by atoms with E-state index in [0.717, 1.165) is 11.7 Å². The van der Waals surface area contributed by atoms with Crippen molar-refractivity contribution in [1.29, 1.82) is 0 Å². The topological polar surface area (TPSA) is 39.2 Å². The van der Waals surface area contributed by atoms with E-state index >= 15 is 0 Å². The van der Waals surface area contributed by atoms with Crippen molar-refractivity contribution >= 4 is 0 Å². The summed E-state index contributed by atoms with van der Waals surface area (Å²) < 4.78 is 5.32. The fourth-order valence-corrected chi connectivity index (χ4v) is 2.56. The van der Waals surface area contributed by atoms with E-state index in [2.05, 4.69) is 13.0 Å². The van der Waals surface area contributed by atoms with E-state index in [4.69, 9.17) is 10.2 Å². The lowest BCUT2D eigenvalue weighted by Crippen LogP contribution is -2.25. The highest BCUT2D eigenvalue weighted by atomic mass is 16.3. The fraction of sp³-hybridized carbons (Fsp3) is 0.692. The van der Waals surface area contributed by atoms with E-state index in [-0.39, 0.29) is 6.04 Å². The summed E-state index contributed by atoms with van der Waals surface area (Å²) in [6, 6.07) is 2.25. The van der Waals surface area contributed by atoms with Crippen LogP contribution in [-0.2, 0) is 0 Å².